The Hall–Kier alpha value is -3.43. The second-order valence-corrected chi connectivity index (χ2v) is 8.15. The zero-order chi connectivity index (χ0) is 21.6. The average Bonchev–Trinajstić information content (AvgIpc) is 2.78. The second kappa shape index (κ2) is 9.38. The number of methoxy groups -OCH3 is 1. The number of nitrogens with one attached hydrogen (secondary N) is 3. The molecule has 3 N–H and O–H groups in total. The van der Waals surface area contributed by atoms with E-state index in [4.69, 9.17) is 4.74 Å². The van der Waals surface area contributed by atoms with Crippen LogP contribution in [0.3, 0.4) is 0 Å². The molecule has 1 aromatic heterocycles. The van der Waals surface area contributed by atoms with Gasteiger partial charge >= 0.3 is 0 Å². The summed E-state index contributed by atoms with van der Waals surface area (Å²) < 4.78 is 31.5. The topological polar surface area (TPSA) is 109 Å². The number of rotatable bonds is 8. The Kier molecular flexibility index (Phi) is 6.65. The number of carbonyl (C=O) groups is 1. The minimum Gasteiger partial charge on any atom is -0.495 e. The van der Waals surface area contributed by atoms with Gasteiger partial charge in [-0.25, -0.2) is 18.1 Å². The monoisotopic (exact) mass is 426 g/mol. The molecular formula is C21H22N4O4S. The molecular weight excluding hydrogens is 404 g/mol. The maximum Gasteiger partial charge on any atom is 0.255 e. The average molecular weight is 426 g/mol. The number of anilines is 2. The fourth-order valence-corrected chi connectivity index (χ4v) is 3.58. The van der Waals surface area contributed by atoms with Crippen LogP contribution in [-0.2, 0) is 16.6 Å². The zero-order valence-corrected chi connectivity index (χ0v) is 17.4. The minimum absolute atomic E-state index is 0.136. The first kappa shape index (κ1) is 21.3. The van der Waals surface area contributed by atoms with Gasteiger partial charge in [-0.05, 0) is 49.0 Å². The summed E-state index contributed by atoms with van der Waals surface area (Å²) in [7, 11) is -0.640. The van der Waals surface area contributed by atoms with Crippen LogP contribution in [0.5, 0.6) is 5.75 Å². The van der Waals surface area contributed by atoms with Crippen LogP contribution in [-0.4, -0.2) is 33.5 Å². The van der Waals surface area contributed by atoms with Crippen molar-refractivity contribution in [2.24, 2.45) is 0 Å². The summed E-state index contributed by atoms with van der Waals surface area (Å²) in [5.41, 5.74) is 1.68. The Balaban J connectivity index is 1.76. The Bertz CT molecular complexity index is 1150. The SMILES string of the molecule is CNS(=O)(=O)c1cccc(CNC(=O)c2cccnc2Nc2ccccc2OC)c1. The molecule has 0 spiro atoms. The van der Waals surface area contributed by atoms with Crippen molar-refractivity contribution in [2.75, 3.05) is 19.5 Å². The van der Waals surface area contributed by atoms with Crippen LogP contribution in [0.4, 0.5) is 11.5 Å². The summed E-state index contributed by atoms with van der Waals surface area (Å²) in [6.45, 7) is 0.162. The van der Waals surface area contributed by atoms with Crippen molar-refractivity contribution in [1.29, 1.82) is 0 Å². The number of amides is 1. The summed E-state index contributed by atoms with van der Waals surface area (Å²) in [6, 6.07) is 17.0. The predicted molar refractivity (Wildman–Crippen MR) is 114 cm³/mol. The molecule has 0 aliphatic carbocycles. The Morgan fingerprint density at radius 3 is 2.63 bits per heavy atom. The lowest BCUT2D eigenvalue weighted by Gasteiger charge is -2.13. The standard InChI is InChI=1S/C21H22N4O4S/c1-22-30(27,28)16-8-5-7-15(13-16)14-24-21(26)17-9-6-12-23-20(17)25-18-10-3-4-11-19(18)29-2/h3-13,22H,14H2,1-2H3,(H,23,25)(H,24,26). The van der Waals surface area contributed by atoms with Gasteiger partial charge < -0.3 is 15.4 Å². The van der Waals surface area contributed by atoms with Gasteiger partial charge in [0.15, 0.2) is 0 Å². The van der Waals surface area contributed by atoms with Gasteiger partial charge in [-0.1, -0.05) is 24.3 Å². The van der Waals surface area contributed by atoms with Gasteiger partial charge in [0.1, 0.15) is 11.6 Å². The number of aromatic nitrogens is 1. The first-order valence-electron chi connectivity index (χ1n) is 9.10. The fraction of sp³-hybridized carbons (Fsp3) is 0.143. The lowest BCUT2D eigenvalue weighted by atomic mass is 10.2. The normalized spacial score (nSPS) is 11.0. The summed E-state index contributed by atoms with van der Waals surface area (Å²) in [4.78, 5) is 17.2. The molecule has 0 aliphatic rings. The maximum absolute atomic E-state index is 12.8. The molecule has 1 heterocycles. The van der Waals surface area contributed by atoms with Crippen molar-refractivity contribution in [1.82, 2.24) is 15.0 Å². The van der Waals surface area contributed by atoms with Crippen molar-refractivity contribution in [2.45, 2.75) is 11.4 Å². The van der Waals surface area contributed by atoms with Crippen LogP contribution in [0.2, 0.25) is 0 Å². The van der Waals surface area contributed by atoms with Crippen molar-refractivity contribution >= 4 is 27.4 Å². The van der Waals surface area contributed by atoms with Gasteiger partial charge in [-0.15, -0.1) is 0 Å². The minimum atomic E-state index is -3.55. The first-order chi connectivity index (χ1) is 14.4. The molecule has 0 saturated heterocycles. The summed E-state index contributed by atoms with van der Waals surface area (Å²) in [5, 5.41) is 5.92. The largest absolute Gasteiger partial charge is 0.495 e. The molecule has 3 aromatic rings. The van der Waals surface area contributed by atoms with E-state index in [-0.39, 0.29) is 17.3 Å². The number of pyridine rings is 1. The van der Waals surface area contributed by atoms with E-state index in [2.05, 4.69) is 20.3 Å². The number of ether oxygens (including phenoxy) is 1. The molecule has 1 amide bonds. The Labute approximate surface area is 175 Å². The molecule has 30 heavy (non-hydrogen) atoms. The molecule has 3 rings (SSSR count). The summed E-state index contributed by atoms with van der Waals surface area (Å²) >= 11 is 0. The van der Waals surface area contributed by atoms with E-state index in [1.165, 1.54) is 19.2 Å². The molecule has 156 valence electrons. The van der Waals surface area contributed by atoms with E-state index < -0.39 is 10.0 Å². The van der Waals surface area contributed by atoms with Gasteiger partial charge in [-0.3, -0.25) is 4.79 Å². The first-order valence-corrected chi connectivity index (χ1v) is 10.6. The van der Waals surface area contributed by atoms with Gasteiger partial charge in [-0.2, -0.15) is 0 Å². The van der Waals surface area contributed by atoms with E-state index in [9.17, 15) is 13.2 Å². The highest BCUT2D eigenvalue weighted by molar-refractivity contribution is 7.89. The van der Waals surface area contributed by atoms with Crippen LogP contribution >= 0.6 is 0 Å². The quantitative estimate of drug-likeness (QED) is 0.511. The molecule has 2 aromatic carbocycles. The summed E-state index contributed by atoms with van der Waals surface area (Å²) in [5.74, 6) is 0.658. The van der Waals surface area contributed by atoms with Crippen molar-refractivity contribution in [3.63, 3.8) is 0 Å². The Morgan fingerprint density at radius 1 is 1.07 bits per heavy atom. The molecule has 0 bridgehead atoms. The van der Waals surface area contributed by atoms with Gasteiger partial charge in [0.25, 0.3) is 5.91 Å². The van der Waals surface area contributed by atoms with E-state index >= 15 is 0 Å². The highest BCUT2D eigenvalue weighted by Gasteiger charge is 2.15. The van der Waals surface area contributed by atoms with Crippen LogP contribution < -0.4 is 20.1 Å². The zero-order valence-electron chi connectivity index (χ0n) is 16.5. The molecule has 0 radical (unpaired) electrons. The van der Waals surface area contributed by atoms with E-state index in [1.54, 1.807) is 43.6 Å². The van der Waals surface area contributed by atoms with Crippen LogP contribution in [0.15, 0.2) is 71.8 Å². The fourth-order valence-electron chi connectivity index (χ4n) is 2.78. The highest BCUT2D eigenvalue weighted by atomic mass is 32.2. The van der Waals surface area contributed by atoms with Crippen molar-refractivity contribution in [3.8, 4) is 5.75 Å². The molecule has 8 nitrogen and oxygen atoms in total. The number of para-hydroxylation sites is 2. The van der Waals surface area contributed by atoms with Crippen molar-refractivity contribution in [3.05, 3.63) is 78.0 Å². The number of sulfonamides is 1. The molecule has 0 saturated carbocycles. The number of hydrogen-bond donors (Lipinski definition) is 3. The van der Waals surface area contributed by atoms with Gasteiger partial charge in [0.05, 0.1) is 23.3 Å². The third kappa shape index (κ3) is 4.94. The second-order valence-electron chi connectivity index (χ2n) is 6.26. The van der Waals surface area contributed by atoms with Gasteiger partial charge in [0, 0.05) is 12.7 Å². The van der Waals surface area contributed by atoms with Crippen LogP contribution in [0.1, 0.15) is 15.9 Å². The number of benzene rings is 2. The van der Waals surface area contributed by atoms with E-state index in [0.717, 1.165) is 0 Å². The Morgan fingerprint density at radius 2 is 1.87 bits per heavy atom. The van der Waals surface area contributed by atoms with Gasteiger partial charge in [0.2, 0.25) is 10.0 Å². The van der Waals surface area contributed by atoms with Crippen LogP contribution in [0, 0.1) is 0 Å². The number of hydrogen-bond acceptors (Lipinski definition) is 6. The van der Waals surface area contributed by atoms with E-state index in [0.29, 0.717) is 28.4 Å². The third-order valence-corrected chi connectivity index (χ3v) is 5.75. The van der Waals surface area contributed by atoms with Crippen LogP contribution in [0.25, 0.3) is 0 Å². The smallest absolute Gasteiger partial charge is 0.255 e. The molecule has 0 unspecified atom stereocenters. The predicted octanol–water partition coefficient (Wildman–Crippen LogP) is 2.67. The maximum atomic E-state index is 12.8. The number of carbonyl (C=O) groups excluding carboxylic acids is 1. The van der Waals surface area contributed by atoms with Crippen molar-refractivity contribution < 1.29 is 17.9 Å². The summed E-state index contributed by atoms with van der Waals surface area (Å²) in [6.07, 6.45) is 1.58. The molecule has 9 heteroatoms. The lowest BCUT2D eigenvalue weighted by Crippen LogP contribution is -2.24. The lowest BCUT2D eigenvalue weighted by molar-refractivity contribution is 0.0951. The molecule has 0 atom stereocenters. The van der Waals surface area contributed by atoms with E-state index in [1.807, 2.05) is 18.2 Å². The third-order valence-electron chi connectivity index (χ3n) is 4.34. The molecule has 0 aliphatic heterocycles. The highest BCUT2D eigenvalue weighted by Crippen LogP contribution is 2.27. The number of nitrogens with zero attached hydrogens (tertiary/aromatic N) is 1. The molecule has 0 fully saturated rings.